The Balaban J connectivity index is 2.40. The largest absolute Gasteiger partial charge is 0.481 e. The zero-order valence-electron chi connectivity index (χ0n) is 10.7. The van der Waals surface area contributed by atoms with Gasteiger partial charge in [0.15, 0.2) is 0 Å². The fourth-order valence-corrected chi connectivity index (χ4v) is 1.75. The van der Waals surface area contributed by atoms with Crippen molar-refractivity contribution in [1.82, 2.24) is 0 Å². The maximum absolute atomic E-state index is 13.2. The Morgan fingerprint density at radius 2 is 1.95 bits per heavy atom. The van der Waals surface area contributed by atoms with Crippen molar-refractivity contribution in [3.05, 3.63) is 64.0 Å². The van der Waals surface area contributed by atoms with Crippen LogP contribution in [-0.4, -0.2) is 16.0 Å². The van der Waals surface area contributed by atoms with Crippen molar-refractivity contribution in [2.24, 2.45) is 0 Å². The Morgan fingerprint density at radius 1 is 1.24 bits per heavy atom. The van der Waals surface area contributed by atoms with Gasteiger partial charge in [-0.2, -0.15) is 0 Å². The van der Waals surface area contributed by atoms with E-state index >= 15 is 0 Å². The number of carboxylic acids is 1. The zero-order valence-corrected chi connectivity index (χ0v) is 10.7. The van der Waals surface area contributed by atoms with Crippen molar-refractivity contribution in [1.29, 1.82) is 0 Å². The zero-order chi connectivity index (χ0) is 15.4. The van der Waals surface area contributed by atoms with Crippen molar-refractivity contribution >= 4 is 11.7 Å². The normalized spacial score (nSPS) is 10.1. The molecule has 0 aromatic heterocycles. The van der Waals surface area contributed by atoms with Gasteiger partial charge in [-0.15, -0.1) is 0 Å². The third-order valence-corrected chi connectivity index (χ3v) is 2.65. The fourth-order valence-electron chi connectivity index (χ4n) is 1.75. The predicted octanol–water partition coefficient (Wildman–Crippen LogP) is 3.15. The summed E-state index contributed by atoms with van der Waals surface area (Å²) in [6, 6.07) is 9.02. The van der Waals surface area contributed by atoms with E-state index in [1.165, 1.54) is 12.1 Å². The second-order valence-corrected chi connectivity index (χ2v) is 4.15. The lowest BCUT2D eigenvalue weighted by Gasteiger charge is -2.10. The molecule has 1 N–H and O–H groups in total. The summed E-state index contributed by atoms with van der Waals surface area (Å²) in [5, 5.41) is 19.7. The lowest BCUT2D eigenvalue weighted by atomic mass is 10.1. The molecule has 21 heavy (non-hydrogen) atoms. The van der Waals surface area contributed by atoms with Crippen LogP contribution >= 0.6 is 0 Å². The van der Waals surface area contributed by atoms with Gasteiger partial charge < -0.3 is 9.84 Å². The minimum absolute atomic E-state index is 0.133. The monoisotopic (exact) mass is 291 g/mol. The number of para-hydroxylation sites is 1. The van der Waals surface area contributed by atoms with Gasteiger partial charge in [0.1, 0.15) is 11.6 Å². The van der Waals surface area contributed by atoms with E-state index in [1.54, 1.807) is 12.1 Å². The van der Waals surface area contributed by atoms with E-state index in [4.69, 9.17) is 9.84 Å². The topological polar surface area (TPSA) is 89.7 Å². The van der Waals surface area contributed by atoms with Crippen molar-refractivity contribution in [2.45, 2.75) is 6.42 Å². The van der Waals surface area contributed by atoms with E-state index in [9.17, 15) is 19.3 Å². The SMILES string of the molecule is O=C(O)Cc1ccccc1Oc1cc(F)ccc1[N+](=O)[O-]. The summed E-state index contributed by atoms with van der Waals surface area (Å²) in [6.45, 7) is 0. The van der Waals surface area contributed by atoms with Gasteiger partial charge in [0.05, 0.1) is 11.3 Å². The van der Waals surface area contributed by atoms with Crippen molar-refractivity contribution in [3.8, 4) is 11.5 Å². The highest BCUT2D eigenvalue weighted by Crippen LogP contribution is 2.33. The van der Waals surface area contributed by atoms with E-state index in [1.807, 2.05) is 0 Å². The highest BCUT2D eigenvalue weighted by Gasteiger charge is 2.18. The number of halogens is 1. The molecule has 0 aliphatic carbocycles. The highest BCUT2D eigenvalue weighted by molar-refractivity contribution is 5.71. The van der Waals surface area contributed by atoms with Crippen molar-refractivity contribution in [2.75, 3.05) is 0 Å². The van der Waals surface area contributed by atoms with Gasteiger partial charge in [-0.25, -0.2) is 4.39 Å². The summed E-state index contributed by atoms with van der Waals surface area (Å²) in [5.74, 6) is -1.91. The van der Waals surface area contributed by atoms with Crippen molar-refractivity contribution < 1.29 is 24.0 Å². The molecule has 0 saturated heterocycles. The number of nitro groups is 1. The van der Waals surface area contributed by atoms with Gasteiger partial charge in [0, 0.05) is 17.7 Å². The molecule has 6 nitrogen and oxygen atoms in total. The van der Waals surface area contributed by atoms with Crippen LogP contribution in [0.25, 0.3) is 0 Å². The molecule has 2 aromatic rings. The number of rotatable bonds is 5. The maximum Gasteiger partial charge on any atom is 0.311 e. The highest BCUT2D eigenvalue weighted by atomic mass is 19.1. The summed E-state index contributed by atoms with van der Waals surface area (Å²) >= 11 is 0. The molecule has 2 aromatic carbocycles. The Labute approximate surface area is 118 Å². The number of hydrogen-bond donors (Lipinski definition) is 1. The van der Waals surface area contributed by atoms with Crippen LogP contribution in [0.1, 0.15) is 5.56 Å². The Kier molecular flexibility index (Phi) is 4.13. The van der Waals surface area contributed by atoms with Gasteiger partial charge in [0.25, 0.3) is 0 Å². The number of hydrogen-bond acceptors (Lipinski definition) is 4. The summed E-state index contributed by atoms with van der Waals surface area (Å²) in [5.41, 5.74) is -0.0647. The van der Waals surface area contributed by atoms with Gasteiger partial charge in [-0.05, 0) is 12.1 Å². The fraction of sp³-hybridized carbons (Fsp3) is 0.0714. The van der Waals surface area contributed by atoms with Crippen LogP contribution in [0.4, 0.5) is 10.1 Å². The molecule has 0 saturated carbocycles. The van der Waals surface area contributed by atoms with E-state index in [0.717, 1.165) is 18.2 Å². The third-order valence-electron chi connectivity index (χ3n) is 2.65. The van der Waals surface area contributed by atoms with E-state index in [2.05, 4.69) is 0 Å². The molecular formula is C14H10FNO5. The summed E-state index contributed by atoms with van der Waals surface area (Å²) in [7, 11) is 0. The molecule has 108 valence electrons. The number of nitro benzene ring substituents is 1. The van der Waals surface area contributed by atoms with Gasteiger partial charge in [-0.3, -0.25) is 14.9 Å². The van der Waals surface area contributed by atoms with Crippen LogP contribution in [0.2, 0.25) is 0 Å². The Morgan fingerprint density at radius 3 is 2.62 bits per heavy atom. The number of carbonyl (C=O) groups is 1. The second kappa shape index (κ2) is 6.00. The predicted molar refractivity (Wildman–Crippen MR) is 70.9 cm³/mol. The Bertz CT molecular complexity index is 702. The molecule has 7 heteroatoms. The molecular weight excluding hydrogens is 281 g/mol. The van der Waals surface area contributed by atoms with Gasteiger partial charge in [-0.1, -0.05) is 18.2 Å². The molecule has 0 radical (unpaired) electrons. The van der Waals surface area contributed by atoms with Crippen LogP contribution in [0.3, 0.4) is 0 Å². The second-order valence-electron chi connectivity index (χ2n) is 4.15. The average molecular weight is 291 g/mol. The molecule has 0 aliphatic rings. The Hall–Kier alpha value is -2.96. The van der Waals surface area contributed by atoms with Crippen LogP contribution in [0, 0.1) is 15.9 Å². The molecule has 0 atom stereocenters. The molecule has 0 aliphatic heterocycles. The lowest BCUT2D eigenvalue weighted by Crippen LogP contribution is -2.02. The summed E-state index contributed by atoms with van der Waals surface area (Å²) < 4.78 is 18.6. The lowest BCUT2D eigenvalue weighted by molar-refractivity contribution is -0.385. The van der Waals surface area contributed by atoms with Crippen LogP contribution < -0.4 is 4.74 Å². The number of ether oxygens (including phenoxy) is 1. The number of aliphatic carboxylic acids is 1. The first kappa shape index (κ1) is 14.4. The van der Waals surface area contributed by atoms with Crippen LogP contribution in [0.15, 0.2) is 42.5 Å². The van der Waals surface area contributed by atoms with E-state index in [-0.39, 0.29) is 17.9 Å². The van der Waals surface area contributed by atoms with Crippen molar-refractivity contribution in [3.63, 3.8) is 0 Å². The average Bonchev–Trinajstić information content (AvgIpc) is 2.40. The molecule has 2 rings (SSSR count). The molecule has 0 spiro atoms. The van der Waals surface area contributed by atoms with Crippen LogP contribution in [0.5, 0.6) is 11.5 Å². The minimum atomic E-state index is -1.07. The van der Waals surface area contributed by atoms with Gasteiger partial charge >= 0.3 is 11.7 Å². The number of carboxylic acid groups (broad SMARTS) is 1. The summed E-state index contributed by atoms with van der Waals surface area (Å²) in [6.07, 6.45) is -0.306. The maximum atomic E-state index is 13.2. The molecule has 0 fully saturated rings. The first-order valence-electron chi connectivity index (χ1n) is 5.89. The van der Waals surface area contributed by atoms with E-state index < -0.39 is 22.4 Å². The third kappa shape index (κ3) is 3.53. The van der Waals surface area contributed by atoms with E-state index in [0.29, 0.717) is 5.56 Å². The number of benzene rings is 2. The molecule has 0 amide bonds. The quantitative estimate of drug-likeness (QED) is 0.675. The van der Waals surface area contributed by atoms with Gasteiger partial charge in [0.2, 0.25) is 5.75 Å². The first-order valence-corrected chi connectivity index (χ1v) is 5.89. The molecule has 0 unspecified atom stereocenters. The van der Waals surface area contributed by atoms with Crippen LogP contribution in [-0.2, 0) is 11.2 Å². The smallest absolute Gasteiger partial charge is 0.311 e. The minimum Gasteiger partial charge on any atom is -0.481 e. The molecule has 0 heterocycles. The first-order chi connectivity index (χ1) is 9.97. The summed E-state index contributed by atoms with van der Waals surface area (Å²) in [4.78, 5) is 21.0. The standard InChI is InChI=1S/C14H10FNO5/c15-10-5-6-11(16(19)20)13(8-10)21-12-4-2-1-3-9(12)7-14(17)18/h1-6,8H,7H2,(H,17,18). The number of nitrogens with zero attached hydrogens (tertiary/aromatic N) is 1. The molecule has 0 bridgehead atoms.